The molecular weight excluding hydrogens is 336 g/mol. The minimum absolute atomic E-state index is 0.279. The number of ether oxygens (including phenoxy) is 2. The van der Waals surface area contributed by atoms with Crippen molar-refractivity contribution in [2.24, 2.45) is 0 Å². The van der Waals surface area contributed by atoms with Crippen molar-refractivity contribution in [2.75, 3.05) is 6.61 Å². The molecule has 1 aliphatic heterocycles. The lowest BCUT2D eigenvalue weighted by atomic mass is 10.1. The van der Waals surface area contributed by atoms with Crippen LogP contribution in [0.5, 0.6) is 5.75 Å². The van der Waals surface area contributed by atoms with Crippen LogP contribution in [0.15, 0.2) is 63.1 Å². The summed E-state index contributed by atoms with van der Waals surface area (Å²) in [5, 5.41) is 13.1. The number of benzene rings is 1. The molecule has 1 aliphatic rings. The third kappa shape index (κ3) is 3.03. The maximum absolute atomic E-state index is 10.1. The lowest BCUT2D eigenvalue weighted by Crippen LogP contribution is -2.08. The number of aliphatic hydroxyl groups excluding tert-OH is 1. The van der Waals surface area contributed by atoms with Crippen molar-refractivity contribution in [1.82, 2.24) is 0 Å². The molecule has 1 aromatic carbocycles. The smallest absolute Gasteiger partial charge is 0.170 e. The molecule has 0 atom stereocenters. The van der Waals surface area contributed by atoms with E-state index < -0.39 is 0 Å². The molecular formula is C20H18O4S. The van der Waals surface area contributed by atoms with Gasteiger partial charge in [0.1, 0.15) is 30.3 Å². The van der Waals surface area contributed by atoms with Gasteiger partial charge in [0.05, 0.1) is 0 Å². The first kappa shape index (κ1) is 15.8. The van der Waals surface area contributed by atoms with Crippen molar-refractivity contribution in [3.05, 3.63) is 69.3 Å². The highest BCUT2D eigenvalue weighted by atomic mass is 32.1. The zero-order valence-corrected chi connectivity index (χ0v) is 14.9. The summed E-state index contributed by atoms with van der Waals surface area (Å²) in [6, 6.07) is 11.7. The molecule has 4 rings (SSSR count). The summed E-state index contributed by atoms with van der Waals surface area (Å²) in [6.45, 7) is 4.60. The van der Waals surface area contributed by atoms with Crippen LogP contribution in [0.25, 0.3) is 16.7 Å². The van der Waals surface area contributed by atoms with Crippen LogP contribution in [0, 0.1) is 0 Å². The Morgan fingerprint density at radius 2 is 2.08 bits per heavy atom. The Hall–Kier alpha value is -2.66. The molecule has 128 valence electrons. The van der Waals surface area contributed by atoms with Crippen molar-refractivity contribution in [3.8, 4) is 5.75 Å². The lowest BCUT2D eigenvalue weighted by Gasteiger charge is -2.18. The highest BCUT2D eigenvalue weighted by Gasteiger charge is 2.21. The van der Waals surface area contributed by atoms with Crippen LogP contribution < -0.4 is 4.74 Å². The van der Waals surface area contributed by atoms with E-state index in [4.69, 9.17) is 13.9 Å². The Balaban J connectivity index is 1.62. The molecule has 0 saturated carbocycles. The van der Waals surface area contributed by atoms with Crippen molar-refractivity contribution in [1.29, 1.82) is 0 Å². The molecule has 3 aromatic rings. The zero-order valence-electron chi connectivity index (χ0n) is 14.0. The molecule has 2 aromatic heterocycles. The summed E-state index contributed by atoms with van der Waals surface area (Å²) >= 11 is 1.68. The second-order valence-corrected chi connectivity index (χ2v) is 7.08. The topological polar surface area (TPSA) is 51.8 Å². The maximum Gasteiger partial charge on any atom is 0.170 e. The predicted octanol–water partition coefficient (Wildman–Crippen LogP) is 5.67. The van der Waals surface area contributed by atoms with E-state index in [0.29, 0.717) is 30.3 Å². The van der Waals surface area contributed by atoms with Crippen molar-refractivity contribution in [3.63, 3.8) is 0 Å². The summed E-state index contributed by atoms with van der Waals surface area (Å²) in [5.74, 6) is 2.27. The quantitative estimate of drug-likeness (QED) is 0.656. The number of furan rings is 1. The van der Waals surface area contributed by atoms with Crippen LogP contribution in [0.2, 0.25) is 0 Å². The average Bonchev–Trinajstić information content (AvgIpc) is 3.26. The van der Waals surface area contributed by atoms with Gasteiger partial charge in [-0.2, -0.15) is 0 Å². The Morgan fingerprint density at radius 3 is 2.88 bits per heavy atom. The fraction of sp³-hybridized carbons (Fsp3) is 0.200. The number of allylic oxidation sites excluding steroid dienone is 1. The van der Waals surface area contributed by atoms with E-state index in [1.807, 2.05) is 49.6 Å². The number of hydrogen-bond acceptors (Lipinski definition) is 5. The van der Waals surface area contributed by atoms with Crippen molar-refractivity contribution >= 4 is 28.1 Å². The maximum atomic E-state index is 10.1. The highest BCUT2D eigenvalue weighted by molar-refractivity contribution is 7.09. The van der Waals surface area contributed by atoms with Gasteiger partial charge in [-0.05, 0) is 49.6 Å². The second-order valence-electron chi connectivity index (χ2n) is 6.05. The molecule has 0 aliphatic carbocycles. The summed E-state index contributed by atoms with van der Waals surface area (Å²) < 4.78 is 17.5. The first-order valence-electron chi connectivity index (χ1n) is 8.04. The molecule has 3 heterocycles. The fourth-order valence-corrected chi connectivity index (χ4v) is 3.43. The van der Waals surface area contributed by atoms with Gasteiger partial charge in [0, 0.05) is 21.4 Å². The van der Waals surface area contributed by atoms with Crippen LogP contribution in [-0.2, 0) is 11.3 Å². The van der Waals surface area contributed by atoms with Crippen LogP contribution in [0.3, 0.4) is 0 Å². The van der Waals surface area contributed by atoms with Crippen LogP contribution in [0.1, 0.15) is 24.5 Å². The van der Waals surface area contributed by atoms with Crippen molar-refractivity contribution < 1.29 is 19.0 Å². The van der Waals surface area contributed by atoms with E-state index in [9.17, 15) is 5.11 Å². The molecule has 1 N–H and O–H groups in total. The van der Waals surface area contributed by atoms with Crippen LogP contribution in [-0.4, -0.2) is 11.7 Å². The van der Waals surface area contributed by atoms with E-state index in [1.165, 1.54) is 4.88 Å². The third-order valence-corrected chi connectivity index (χ3v) is 5.06. The van der Waals surface area contributed by atoms with E-state index >= 15 is 0 Å². The standard InChI is InChI=1S/C20H18O4S/c1-12-10-23-20(13(2)19(12)21)18-9-14-8-15(5-6-17(14)24-18)22-11-16-4-3-7-25-16/h3-9,21H,10-11H2,1-2H3. The van der Waals surface area contributed by atoms with Gasteiger partial charge in [-0.15, -0.1) is 11.3 Å². The monoisotopic (exact) mass is 354 g/mol. The van der Waals surface area contributed by atoms with Gasteiger partial charge < -0.3 is 19.0 Å². The molecule has 0 saturated heterocycles. The van der Waals surface area contributed by atoms with Crippen LogP contribution in [0.4, 0.5) is 0 Å². The largest absolute Gasteiger partial charge is 0.507 e. The predicted molar refractivity (Wildman–Crippen MR) is 98.7 cm³/mol. The van der Waals surface area contributed by atoms with Gasteiger partial charge in [0.25, 0.3) is 0 Å². The summed E-state index contributed by atoms with van der Waals surface area (Å²) in [5.41, 5.74) is 2.27. The molecule has 4 nitrogen and oxygen atoms in total. The van der Waals surface area contributed by atoms with Crippen molar-refractivity contribution in [2.45, 2.75) is 20.5 Å². The third-order valence-electron chi connectivity index (χ3n) is 4.21. The summed E-state index contributed by atoms with van der Waals surface area (Å²) in [6.07, 6.45) is 0. The first-order chi connectivity index (χ1) is 12.1. The van der Waals surface area contributed by atoms with Gasteiger partial charge in [-0.1, -0.05) is 6.07 Å². The van der Waals surface area contributed by atoms with Gasteiger partial charge in [-0.3, -0.25) is 0 Å². The number of hydrogen-bond donors (Lipinski definition) is 1. The molecule has 5 heteroatoms. The van der Waals surface area contributed by atoms with Gasteiger partial charge in [-0.25, -0.2) is 0 Å². The number of thiophene rings is 1. The van der Waals surface area contributed by atoms with E-state index in [-0.39, 0.29) is 5.76 Å². The van der Waals surface area contributed by atoms with Gasteiger partial charge in [0.2, 0.25) is 0 Å². The normalized spacial score (nSPS) is 15.0. The van der Waals surface area contributed by atoms with Crippen LogP contribution >= 0.6 is 11.3 Å². The number of fused-ring (bicyclic) bond motifs is 1. The Labute approximate surface area is 149 Å². The Bertz CT molecular complexity index is 976. The molecule has 0 radical (unpaired) electrons. The summed E-state index contributed by atoms with van der Waals surface area (Å²) in [4.78, 5) is 1.18. The highest BCUT2D eigenvalue weighted by Crippen LogP contribution is 2.34. The molecule has 25 heavy (non-hydrogen) atoms. The molecule has 0 fully saturated rings. The van der Waals surface area contributed by atoms with E-state index in [0.717, 1.165) is 22.3 Å². The van der Waals surface area contributed by atoms with Gasteiger partial charge in [0.15, 0.2) is 11.5 Å². The zero-order chi connectivity index (χ0) is 17.4. The molecule has 0 amide bonds. The average molecular weight is 354 g/mol. The van der Waals surface area contributed by atoms with E-state index in [2.05, 4.69) is 6.07 Å². The number of aliphatic hydroxyl groups is 1. The first-order valence-corrected chi connectivity index (χ1v) is 8.91. The Kier molecular flexibility index (Phi) is 4.01. The molecule has 0 unspecified atom stereocenters. The number of rotatable bonds is 4. The minimum atomic E-state index is 0.279. The SMILES string of the molecule is CC1=C(O)C(C)=C(c2cc3cc(OCc4cccs4)ccc3o2)OC1. The molecule has 0 spiro atoms. The fourth-order valence-electron chi connectivity index (χ4n) is 2.81. The van der Waals surface area contributed by atoms with E-state index in [1.54, 1.807) is 11.3 Å². The van der Waals surface area contributed by atoms with Gasteiger partial charge >= 0.3 is 0 Å². The lowest BCUT2D eigenvalue weighted by molar-refractivity contribution is 0.272. The Morgan fingerprint density at radius 1 is 1.20 bits per heavy atom. The second kappa shape index (κ2) is 6.33. The minimum Gasteiger partial charge on any atom is -0.507 e. The summed E-state index contributed by atoms with van der Waals surface area (Å²) in [7, 11) is 0. The molecule has 0 bridgehead atoms.